The van der Waals surface area contributed by atoms with Gasteiger partial charge in [-0.05, 0) is 40.9 Å². The average Bonchev–Trinajstić information content (AvgIpc) is 2.78. The van der Waals surface area contributed by atoms with Gasteiger partial charge in [0.15, 0.2) is 5.69 Å². The van der Waals surface area contributed by atoms with E-state index < -0.39 is 5.97 Å². The lowest BCUT2D eigenvalue weighted by Crippen LogP contribution is -2.16. The molecule has 100 valence electrons. The van der Waals surface area contributed by atoms with Gasteiger partial charge in [0.05, 0.1) is 5.52 Å². The molecule has 0 bridgehead atoms. The fourth-order valence-corrected chi connectivity index (χ4v) is 2.82. The predicted molar refractivity (Wildman–Crippen MR) is 72.6 cm³/mol. The minimum absolute atomic E-state index is 0.119. The van der Waals surface area contributed by atoms with Crippen molar-refractivity contribution in [2.75, 3.05) is 13.2 Å². The molecule has 0 atom stereocenters. The molecular formula is C13H13BrN2O3. The van der Waals surface area contributed by atoms with Crippen LogP contribution in [0.2, 0.25) is 0 Å². The van der Waals surface area contributed by atoms with Crippen molar-refractivity contribution in [1.29, 1.82) is 0 Å². The highest BCUT2D eigenvalue weighted by molar-refractivity contribution is 9.10. The number of aromatic carboxylic acids is 1. The maximum absolute atomic E-state index is 11.3. The molecule has 5 nitrogen and oxygen atoms in total. The van der Waals surface area contributed by atoms with Crippen LogP contribution in [0.25, 0.3) is 5.52 Å². The van der Waals surface area contributed by atoms with E-state index in [1.807, 2.05) is 16.7 Å². The number of aromatic nitrogens is 2. The number of fused-ring (bicyclic) bond motifs is 1. The minimum atomic E-state index is -0.988. The molecule has 2 aromatic heterocycles. The van der Waals surface area contributed by atoms with E-state index >= 15 is 0 Å². The lowest BCUT2D eigenvalue weighted by Gasteiger charge is -2.20. The first-order valence-electron chi connectivity index (χ1n) is 6.15. The van der Waals surface area contributed by atoms with E-state index in [0.717, 1.165) is 23.1 Å². The number of imidazole rings is 1. The third-order valence-electron chi connectivity index (χ3n) is 3.42. The van der Waals surface area contributed by atoms with Gasteiger partial charge in [0.2, 0.25) is 0 Å². The largest absolute Gasteiger partial charge is 0.476 e. The number of hydrogen-bond donors (Lipinski definition) is 1. The molecule has 0 amide bonds. The van der Waals surface area contributed by atoms with E-state index in [9.17, 15) is 9.90 Å². The molecule has 0 aromatic carbocycles. The molecule has 2 aromatic rings. The molecule has 0 saturated carbocycles. The average molecular weight is 325 g/mol. The van der Waals surface area contributed by atoms with Gasteiger partial charge in [-0.3, -0.25) is 0 Å². The van der Waals surface area contributed by atoms with Gasteiger partial charge in [-0.2, -0.15) is 0 Å². The summed E-state index contributed by atoms with van der Waals surface area (Å²) in [5.41, 5.74) is 0.756. The van der Waals surface area contributed by atoms with Crippen LogP contribution in [0.15, 0.2) is 22.8 Å². The van der Waals surface area contributed by atoms with Crippen molar-refractivity contribution in [3.05, 3.63) is 34.3 Å². The molecule has 0 spiro atoms. The first-order chi connectivity index (χ1) is 9.16. The molecule has 3 rings (SSSR count). The Morgan fingerprint density at radius 2 is 2.16 bits per heavy atom. The number of rotatable bonds is 2. The number of carbonyl (C=O) groups is 1. The second-order valence-corrected chi connectivity index (χ2v) is 5.53. The monoisotopic (exact) mass is 324 g/mol. The van der Waals surface area contributed by atoms with E-state index in [0.29, 0.717) is 18.7 Å². The van der Waals surface area contributed by atoms with Gasteiger partial charge in [0.25, 0.3) is 0 Å². The zero-order chi connectivity index (χ0) is 13.4. The summed E-state index contributed by atoms with van der Waals surface area (Å²) in [6, 6.07) is 3.61. The van der Waals surface area contributed by atoms with Crippen LogP contribution >= 0.6 is 15.9 Å². The number of halogens is 1. The number of carboxylic acid groups (broad SMARTS) is 1. The number of hydrogen-bond acceptors (Lipinski definition) is 3. The molecular weight excluding hydrogens is 312 g/mol. The zero-order valence-electron chi connectivity index (χ0n) is 10.2. The van der Waals surface area contributed by atoms with Crippen LogP contribution in [0.5, 0.6) is 0 Å². The van der Waals surface area contributed by atoms with Gasteiger partial charge in [0.1, 0.15) is 5.82 Å². The lowest BCUT2D eigenvalue weighted by atomic mass is 10.00. The van der Waals surface area contributed by atoms with E-state index in [2.05, 4.69) is 20.9 Å². The van der Waals surface area contributed by atoms with Gasteiger partial charge in [-0.15, -0.1) is 0 Å². The molecule has 6 heteroatoms. The molecule has 1 fully saturated rings. The molecule has 1 saturated heterocycles. The summed E-state index contributed by atoms with van der Waals surface area (Å²) in [5, 5.41) is 9.25. The fourth-order valence-electron chi connectivity index (χ4n) is 2.48. The summed E-state index contributed by atoms with van der Waals surface area (Å²) in [6.45, 7) is 1.41. The van der Waals surface area contributed by atoms with Gasteiger partial charge in [-0.1, -0.05) is 0 Å². The Hall–Kier alpha value is -1.40. The molecule has 19 heavy (non-hydrogen) atoms. The van der Waals surface area contributed by atoms with Crippen molar-refractivity contribution in [2.24, 2.45) is 0 Å². The van der Waals surface area contributed by atoms with E-state index in [-0.39, 0.29) is 11.6 Å². The number of nitrogens with zero attached hydrogens (tertiary/aromatic N) is 2. The third-order valence-corrected chi connectivity index (χ3v) is 3.89. The van der Waals surface area contributed by atoms with Crippen molar-refractivity contribution in [1.82, 2.24) is 9.38 Å². The van der Waals surface area contributed by atoms with Crippen molar-refractivity contribution in [3.8, 4) is 0 Å². The molecule has 0 aliphatic carbocycles. The van der Waals surface area contributed by atoms with Gasteiger partial charge < -0.3 is 14.2 Å². The first kappa shape index (κ1) is 12.6. The highest BCUT2D eigenvalue weighted by atomic mass is 79.9. The van der Waals surface area contributed by atoms with Crippen LogP contribution in [0.1, 0.15) is 35.1 Å². The molecule has 1 aliphatic rings. The number of pyridine rings is 1. The molecule has 0 unspecified atom stereocenters. The quantitative estimate of drug-likeness (QED) is 0.922. The smallest absolute Gasteiger partial charge is 0.356 e. The summed E-state index contributed by atoms with van der Waals surface area (Å²) in [7, 11) is 0. The van der Waals surface area contributed by atoms with Crippen LogP contribution in [-0.2, 0) is 4.74 Å². The summed E-state index contributed by atoms with van der Waals surface area (Å²) >= 11 is 3.42. The van der Waals surface area contributed by atoms with Gasteiger partial charge >= 0.3 is 5.97 Å². The lowest BCUT2D eigenvalue weighted by molar-refractivity contribution is 0.0692. The minimum Gasteiger partial charge on any atom is -0.476 e. The zero-order valence-corrected chi connectivity index (χ0v) is 11.8. The normalized spacial score (nSPS) is 16.9. The second-order valence-electron chi connectivity index (χ2n) is 4.61. The van der Waals surface area contributed by atoms with Crippen molar-refractivity contribution >= 4 is 27.4 Å². The predicted octanol–water partition coefficient (Wildman–Crippen LogP) is 2.69. The van der Waals surface area contributed by atoms with Gasteiger partial charge in [-0.25, -0.2) is 9.78 Å². The second kappa shape index (κ2) is 4.94. The molecule has 0 radical (unpaired) electrons. The molecule has 3 heterocycles. The van der Waals surface area contributed by atoms with Crippen molar-refractivity contribution in [3.63, 3.8) is 0 Å². The Morgan fingerprint density at radius 3 is 2.84 bits per heavy atom. The van der Waals surface area contributed by atoms with Crippen LogP contribution in [0, 0.1) is 0 Å². The molecule has 1 N–H and O–H groups in total. The van der Waals surface area contributed by atoms with E-state index in [1.165, 1.54) is 0 Å². The first-order valence-corrected chi connectivity index (χ1v) is 6.94. The highest BCUT2D eigenvalue weighted by Gasteiger charge is 2.24. The Kier molecular flexibility index (Phi) is 3.28. The van der Waals surface area contributed by atoms with Gasteiger partial charge in [0, 0.05) is 29.8 Å². The van der Waals surface area contributed by atoms with Crippen LogP contribution in [0.4, 0.5) is 0 Å². The van der Waals surface area contributed by atoms with Crippen LogP contribution < -0.4 is 0 Å². The van der Waals surface area contributed by atoms with Crippen LogP contribution in [0.3, 0.4) is 0 Å². The van der Waals surface area contributed by atoms with Crippen molar-refractivity contribution in [2.45, 2.75) is 18.8 Å². The maximum Gasteiger partial charge on any atom is 0.356 e. The van der Waals surface area contributed by atoms with E-state index in [4.69, 9.17) is 4.74 Å². The van der Waals surface area contributed by atoms with Crippen LogP contribution in [-0.4, -0.2) is 33.7 Å². The van der Waals surface area contributed by atoms with Crippen molar-refractivity contribution < 1.29 is 14.6 Å². The highest BCUT2D eigenvalue weighted by Crippen LogP contribution is 2.29. The van der Waals surface area contributed by atoms with E-state index in [1.54, 1.807) is 6.07 Å². The SMILES string of the molecule is O=C(O)c1nc(C2CCOCC2)n2cc(Br)ccc12. The topological polar surface area (TPSA) is 63.8 Å². The number of carboxylic acids is 1. The third kappa shape index (κ3) is 2.26. The summed E-state index contributed by atoms with van der Waals surface area (Å²) in [6.07, 6.45) is 3.63. The fraction of sp³-hybridized carbons (Fsp3) is 0.385. The summed E-state index contributed by atoms with van der Waals surface area (Å²) in [5.74, 6) is 0.0822. The number of ether oxygens (including phenoxy) is 1. The Labute approximate surface area is 118 Å². The Morgan fingerprint density at radius 1 is 1.42 bits per heavy atom. The Bertz CT molecular complexity index is 632. The Balaban J connectivity index is 2.17. The maximum atomic E-state index is 11.3. The molecule has 1 aliphatic heterocycles. The summed E-state index contributed by atoms with van der Waals surface area (Å²) in [4.78, 5) is 15.6. The standard InChI is InChI=1S/C13H13BrN2O3/c14-9-1-2-10-11(13(17)18)15-12(16(10)7-9)8-3-5-19-6-4-8/h1-2,7-8H,3-6H2,(H,17,18). The summed E-state index contributed by atoms with van der Waals surface area (Å²) < 4.78 is 8.13.